The van der Waals surface area contributed by atoms with Crippen LogP contribution >= 0.6 is 11.6 Å². The van der Waals surface area contributed by atoms with Crippen molar-refractivity contribution in [2.24, 2.45) is 5.73 Å². The molecule has 0 amide bonds. The van der Waals surface area contributed by atoms with Gasteiger partial charge in [0.2, 0.25) is 0 Å². The average Bonchev–Trinajstić information content (AvgIpc) is 2.31. The summed E-state index contributed by atoms with van der Waals surface area (Å²) < 4.78 is 30.2. The lowest BCUT2D eigenvalue weighted by Crippen LogP contribution is -2.12. The molecule has 0 aliphatic carbocycles. The predicted molar refractivity (Wildman–Crippen MR) is 62.4 cm³/mol. The average molecular weight is 279 g/mol. The molecule has 7 heteroatoms. The molecule has 0 radical (unpaired) electrons. The molecule has 1 aromatic heterocycles. The van der Waals surface area contributed by atoms with Gasteiger partial charge in [0.05, 0.1) is 23.7 Å². The highest BCUT2D eigenvalue weighted by molar-refractivity contribution is 6.31. The number of hydrogen-bond donors (Lipinski definition) is 1. The van der Waals surface area contributed by atoms with Crippen LogP contribution in [0.5, 0.6) is 0 Å². The van der Waals surface area contributed by atoms with E-state index in [2.05, 4.69) is 4.98 Å². The van der Waals surface area contributed by atoms with Crippen LogP contribution in [-0.2, 0) is 22.5 Å². The van der Waals surface area contributed by atoms with Crippen LogP contribution in [0.3, 0.4) is 0 Å². The summed E-state index contributed by atoms with van der Waals surface area (Å²) in [7, 11) is 0. The van der Waals surface area contributed by atoms with E-state index in [1.54, 1.807) is 6.92 Å². The Kier molecular flexibility index (Phi) is 5.43. The number of ether oxygens (including phenoxy) is 1. The first kappa shape index (κ1) is 14.8. The van der Waals surface area contributed by atoms with Gasteiger partial charge >= 0.3 is 5.97 Å². The largest absolute Gasteiger partial charge is 0.466 e. The molecule has 0 spiro atoms. The van der Waals surface area contributed by atoms with E-state index in [0.29, 0.717) is 0 Å². The zero-order valence-electron chi connectivity index (χ0n) is 9.75. The molecular formula is C11H13ClF2N2O2. The molecule has 0 bridgehead atoms. The first-order valence-electron chi connectivity index (χ1n) is 5.31. The van der Waals surface area contributed by atoms with Crippen LogP contribution in [0, 0.1) is 0 Å². The summed E-state index contributed by atoms with van der Waals surface area (Å²) in [6, 6.07) is 1.31. The van der Waals surface area contributed by atoms with Crippen LogP contribution in [0.2, 0.25) is 5.02 Å². The van der Waals surface area contributed by atoms with Crippen molar-refractivity contribution in [1.29, 1.82) is 0 Å². The second kappa shape index (κ2) is 6.61. The first-order chi connectivity index (χ1) is 8.49. The number of hydrogen-bond acceptors (Lipinski definition) is 4. The molecule has 0 fully saturated rings. The van der Waals surface area contributed by atoms with Crippen LogP contribution in [0.4, 0.5) is 8.78 Å². The molecule has 1 aromatic rings. The minimum Gasteiger partial charge on any atom is -0.466 e. The fourth-order valence-corrected chi connectivity index (χ4v) is 1.65. The van der Waals surface area contributed by atoms with Crippen molar-refractivity contribution in [3.8, 4) is 0 Å². The number of aromatic nitrogens is 1. The Morgan fingerprint density at radius 1 is 1.61 bits per heavy atom. The minimum absolute atomic E-state index is 0.0719. The molecular weight excluding hydrogens is 266 g/mol. The van der Waals surface area contributed by atoms with Gasteiger partial charge in [0, 0.05) is 6.54 Å². The van der Waals surface area contributed by atoms with Crippen molar-refractivity contribution in [2.75, 3.05) is 6.61 Å². The summed E-state index contributed by atoms with van der Waals surface area (Å²) in [6.07, 6.45) is -3.00. The van der Waals surface area contributed by atoms with Gasteiger partial charge in [0.15, 0.2) is 0 Å². The van der Waals surface area contributed by atoms with E-state index in [9.17, 15) is 13.6 Å². The Labute approximate surface area is 108 Å². The Balaban J connectivity index is 3.05. The van der Waals surface area contributed by atoms with Crippen LogP contribution in [0.15, 0.2) is 6.07 Å². The van der Waals surface area contributed by atoms with Gasteiger partial charge in [0.25, 0.3) is 6.43 Å². The Morgan fingerprint density at radius 3 is 2.78 bits per heavy atom. The Morgan fingerprint density at radius 2 is 2.28 bits per heavy atom. The van der Waals surface area contributed by atoms with Crippen LogP contribution in [0.1, 0.15) is 30.3 Å². The van der Waals surface area contributed by atoms with E-state index in [1.165, 1.54) is 6.07 Å². The molecule has 1 rings (SSSR count). The van der Waals surface area contributed by atoms with E-state index in [1.807, 2.05) is 0 Å². The second-order valence-corrected chi connectivity index (χ2v) is 3.86. The number of rotatable bonds is 5. The molecule has 0 saturated carbocycles. The lowest BCUT2D eigenvalue weighted by molar-refractivity contribution is -0.142. The number of carbonyl (C=O) groups excluding carboxylic acids is 1. The molecule has 0 saturated heterocycles. The SMILES string of the molecule is CCOC(=O)Cc1nc(C(F)F)c(CN)cc1Cl. The predicted octanol–water partition coefficient (Wildman–Crippen LogP) is 2.24. The molecule has 18 heavy (non-hydrogen) atoms. The minimum atomic E-state index is -2.76. The zero-order valence-corrected chi connectivity index (χ0v) is 10.5. The highest BCUT2D eigenvalue weighted by Gasteiger charge is 2.19. The van der Waals surface area contributed by atoms with E-state index < -0.39 is 18.1 Å². The number of nitrogens with zero attached hydrogens (tertiary/aromatic N) is 1. The maximum atomic E-state index is 12.7. The van der Waals surface area contributed by atoms with Crippen molar-refractivity contribution >= 4 is 17.6 Å². The number of esters is 1. The quantitative estimate of drug-likeness (QED) is 0.839. The summed E-state index contributed by atoms with van der Waals surface area (Å²) in [5.41, 5.74) is 5.13. The van der Waals surface area contributed by atoms with Crippen molar-refractivity contribution in [2.45, 2.75) is 26.3 Å². The fraction of sp³-hybridized carbons (Fsp3) is 0.455. The van der Waals surface area contributed by atoms with Gasteiger partial charge in [0.1, 0.15) is 5.69 Å². The summed E-state index contributed by atoms with van der Waals surface area (Å²) in [5.74, 6) is -0.562. The number of alkyl halides is 2. The van der Waals surface area contributed by atoms with Gasteiger partial charge in [-0.3, -0.25) is 4.79 Å². The van der Waals surface area contributed by atoms with E-state index in [0.717, 1.165) is 0 Å². The van der Waals surface area contributed by atoms with Gasteiger partial charge in [-0.2, -0.15) is 0 Å². The smallest absolute Gasteiger partial charge is 0.311 e. The maximum absolute atomic E-state index is 12.7. The molecule has 0 aliphatic heterocycles. The van der Waals surface area contributed by atoms with Crippen LogP contribution < -0.4 is 5.73 Å². The molecule has 4 nitrogen and oxygen atoms in total. The van der Waals surface area contributed by atoms with E-state index >= 15 is 0 Å². The summed E-state index contributed by atoms with van der Waals surface area (Å²) >= 11 is 5.86. The Bertz CT molecular complexity index is 441. The van der Waals surface area contributed by atoms with Crippen LogP contribution in [-0.4, -0.2) is 17.6 Å². The molecule has 0 aliphatic rings. The molecule has 100 valence electrons. The third kappa shape index (κ3) is 3.61. The van der Waals surface area contributed by atoms with Crippen molar-refractivity contribution in [3.63, 3.8) is 0 Å². The van der Waals surface area contributed by atoms with Gasteiger partial charge in [-0.15, -0.1) is 0 Å². The fourth-order valence-electron chi connectivity index (χ4n) is 1.41. The molecule has 0 atom stereocenters. The molecule has 0 aromatic carbocycles. The lowest BCUT2D eigenvalue weighted by Gasteiger charge is -2.10. The molecule has 2 N–H and O–H groups in total. The third-order valence-corrected chi connectivity index (χ3v) is 2.53. The third-order valence-electron chi connectivity index (χ3n) is 2.20. The normalized spacial score (nSPS) is 10.8. The first-order valence-corrected chi connectivity index (χ1v) is 5.69. The monoisotopic (exact) mass is 278 g/mol. The Hall–Kier alpha value is -1.27. The highest BCUT2D eigenvalue weighted by atomic mass is 35.5. The van der Waals surface area contributed by atoms with E-state index in [4.69, 9.17) is 22.1 Å². The number of pyridine rings is 1. The highest BCUT2D eigenvalue weighted by Crippen LogP contribution is 2.26. The van der Waals surface area contributed by atoms with Gasteiger partial charge in [-0.25, -0.2) is 13.8 Å². The zero-order chi connectivity index (χ0) is 13.7. The standard InChI is InChI=1S/C11H13ClF2N2O2/c1-2-18-9(17)4-8-7(12)3-6(5-15)10(16-8)11(13)14/h3,11H,2,4-5,15H2,1H3. The van der Waals surface area contributed by atoms with Crippen molar-refractivity contribution in [3.05, 3.63) is 28.0 Å². The number of nitrogens with two attached hydrogens (primary N) is 1. The van der Waals surface area contributed by atoms with Gasteiger partial charge < -0.3 is 10.5 Å². The summed E-state index contributed by atoms with van der Waals surface area (Å²) in [4.78, 5) is 15.0. The topological polar surface area (TPSA) is 65.2 Å². The van der Waals surface area contributed by atoms with Gasteiger partial charge in [-0.1, -0.05) is 11.6 Å². The maximum Gasteiger partial charge on any atom is 0.311 e. The molecule has 1 heterocycles. The second-order valence-electron chi connectivity index (χ2n) is 3.45. The summed E-state index contributed by atoms with van der Waals surface area (Å²) in [5, 5.41) is 0.132. The number of carbonyl (C=O) groups is 1. The van der Waals surface area contributed by atoms with Crippen LogP contribution in [0.25, 0.3) is 0 Å². The van der Waals surface area contributed by atoms with E-state index in [-0.39, 0.29) is 35.9 Å². The number of halogens is 3. The van der Waals surface area contributed by atoms with Crippen molar-refractivity contribution < 1.29 is 18.3 Å². The van der Waals surface area contributed by atoms with Gasteiger partial charge in [-0.05, 0) is 18.6 Å². The molecule has 0 unspecified atom stereocenters. The lowest BCUT2D eigenvalue weighted by atomic mass is 10.1. The van der Waals surface area contributed by atoms with Crippen molar-refractivity contribution in [1.82, 2.24) is 4.98 Å². The summed E-state index contributed by atoms with van der Waals surface area (Å²) in [6.45, 7) is 1.76.